The summed E-state index contributed by atoms with van der Waals surface area (Å²) in [5.74, 6) is 0. The number of aromatic nitrogens is 1. The molecule has 6 heteroatoms. The van der Waals surface area contributed by atoms with Crippen molar-refractivity contribution in [3.8, 4) is 0 Å². The molecule has 1 aliphatic rings. The summed E-state index contributed by atoms with van der Waals surface area (Å²) in [6.45, 7) is 5.30. The summed E-state index contributed by atoms with van der Waals surface area (Å²) >= 11 is 0. The highest BCUT2D eigenvalue weighted by Crippen LogP contribution is 2.28. The lowest BCUT2D eigenvalue weighted by Gasteiger charge is -2.37. The first-order valence-corrected chi connectivity index (χ1v) is 7.30. The van der Waals surface area contributed by atoms with Gasteiger partial charge in [0.25, 0.3) is 0 Å². The van der Waals surface area contributed by atoms with Crippen molar-refractivity contribution in [1.82, 2.24) is 4.98 Å². The molecule has 0 saturated carbocycles. The zero-order valence-electron chi connectivity index (χ0n) is 12.5. The van der Waals surface area contributed by atoms with E-state index in [1.165, 1.54) is 17.4 Å². The van der Waals surface area contributed by atoms with E-state index in [-0.39, 0.29) is 10.6 Å². The lowest BCUT2D eigenvalue weighted by Crippen LogP contribution is -2.46. The Hall–Kier alpha value is -2.63. The van der Waals surface area contributed by atoms with E-state index in [0.29, 0.717) is 5.69 Å². The van der Waals surface area contributed by atoms with Crippen LogP contribution in [-0.2, 0) is 0 Å². The minimum atomic E-state index is -0.366. The Kier molecular flexibility index (Phi) is 3.91. The summed E-state index contributed by atoms with van der Waals surface area (Å²) in [6.07, 6.45) is 2.93. The molecule has 22 heavy (non-hydrogen) atoms. The number of aryl methyl sites for hydroxylation is 1. The molecular weight excluding hydrogens is 280 g/mol. The Morgan fingerprint density at radius 2 is 1.68 bits per heavy atom. The van der Waals surface area contributed by atoms with Crippen molar-refractivity contribution in [2.45, 2.75) is 6.92 Å². The van der Waals surface area contributed by atoms with Gasteiger partial charge in [-0.15, -0.1) is 0 Å². The van der Waals surface area contributed by atoms with Crippen LogP contribution in [0.5, 0.6) is 0 Å². The number of nitro groups is 1. The summed E-state index contributed by atoms with van der Waals surface area (Å²) in [5.41, 5.74) is 3.18. The predicted octanol–water partition coefficient (Wildman–Crippen LogP) is 2.62. The molecule has 1 fully saturated rings. The molecule has 1 saturated heterocycles. The summed E-state index contributed by atoms with van der Waals surface area (Å²) in [6, 6.07) is 10.2. The second kappa shape index (κ2) is 6.01. The van der Waals surface area contributed by atoms with Crippen LogP contribution in [0.4, 0.5) is 17.1 Å². The van der Waals surface area contributed by atoms with E-state index < -0.39 is 0 Å². The molecule has 0 aliphatic carbocycles. The van der Waals surface area contributed by atoms with Gasteiger partial charge in [0.15, 0.2) is 0 Å². The fourth-order valence-corrected chi connectivity index (χ4v) is 2.75. The van der Waals surface area contributed by atoms with Crippen molar-refractivity contribution >= 4 is 17.1 Å². The van der Waals surface area contributed by atoms with Crippen LogP contribution in [0.15, 0.2) is 42.7 Å². The maximum Gasteiger partial charge on any atom is 0.310 e. The maximum absolute atomic E-state index is 11.1. The number of benzene rings is 1. The van der Waals surface area contributed by atoms with Crippen LogP contribution < -0.4 is 9.80 Å². The highest BCUT2D eigenvalue weighted by atomic mass is 16.6. The molecule has 0 bridgehead atoms. The van der Waals surface area contributed by atoms with Gasteiger partial charge in [0.1, 0.15) is 11.9 Å². The second-order valence-electron chi connectivity index (χ2n) is 5.43. The third-order valence-electron chi connectivity index (χ3n) is 3.99. The van der Waals surface area contributed by atoms with Gasteiger partial charge in [0.05, 0.1) is 4.92 Å². The van der Waals surface area contributed by atoms with E-state index in [1.807, 2.05) is 0 Å². The smallest absolute Gasteiger partial charge is 0.310 e. The normalized spacial score (nSPS) is 15.0. The topological polar surface area (TPSA) is 62.5 Å². The molecule has 1 aromatic heterocycles. The van der Waals surface area contributed by atoms with Gasteiger partial charge in [-0.25, -0.2) is 0 Å². The number of nitrogens with zero attached hydrogens (tertiary/aromatic N) is 4. The number of hydrogen-bond acceptors (Lipinski definition) is 5. The van der Waals surface area contributed by atoms with Gasteiger partial charge in [-0.05, 0) is 25.1 Å². The summed E-state index contributed by atoms with van der Waals surface area (Å²) in [5, 5.41) is 11.1. The monoisotopic (exact) mass is 298 g/mol. The van der Waals surface area contributed by atoms with Crippen LogP contribution in [0, 0.1) is 17.0 Å². The van der Waals surface area contributed by atoms with Gasteiger partial charge in [-0.2, -0.15) is 0 Å². The Morgan fingerprint density at radius 1 is 1.05 bits per heavy atom. The van der Waals surface area contributed by atoms with Crippen molar-refractivity contribution in [1.29, 1.82) is 0 Å². The van der Waals surface area contributed by atoms with Gasteiger partial charge in [-0.1, -0.05) is 17.7 Å². The molecule has 1 aliphatic heterocycles. The van der Waals surface area contributed by atoms with Crippen molar-refractivity contribution in [2.75, 3.05) is 36.0 Å². The SMILES string of the molecule is Cc1ccc(N2CCN(c3ccncc3[N+](=O)[O-])CC2)cc1. The second-order valence-corrected chi connectivity index (χ2v) is 5.43. The molecule has 0 atom stereocenters. The minimum absolute atomic E-state index is 0.0753. The molecule has 2 heterocycles. The average molecular weight is 298 g/mol. The first-order valence-electron chi connectivity index (χ1n) is 7.30. The molecule has 0 spiro atoms. The summed E-state index contributed by atoms with van der Waals surface area (Å²) < 4.78 is 0. The lowest BCUT2D eigenvalue weighted by molar-refractivity contribution is -0.384. The zero-order chi connectivity index (χ0) is 15.5. The lowest BCUT2D eigenvalue weighted by atomic mass is 10.2. The molecule has 2 aromatic rings. The van der Waals surface area contributed by atoms with Crippen LogP contribution in [0.3, 0.4) is 0 Å². The number of rotatable bonds is 3. The van der Waals surface area contributed by atoms with Crippen molar-refractivity contribution in [3.63, 3.8) is 0 Å². The van der Waals surface area contributed by atoms with E-state index >= 15 is 0 Å². The number of piperazine rings is 1. The van der Waals surface area contributed by atoms with E-state index in [1.54, 1.807) is 12.3 Å². The fourth-order valence-electron chi connectivity index (χ4n) is 2.75. The molecule has 0 N–H and O–H groups in total. The predicted molar refractivity (Wildman–Crippen MR) is 86.5 cm³/mol. The van der Waals surface area contributed by atoms with E-state index in [2.05, 4.69) is 46.0 Å². The summed E-state index contributed by atoms with van der Waals surface area (Å²) in [4.78, 5) is 19.0. The van der Waals surface area contributed by atoms with Gasteiger partial charge >= 0.3 is 5.69 Å². The number of hydrogen-bond donors (Lipinski definition) is 0. The van der Waals surface area contributed by atoms with Crippen LogP contribution >= 0.6 is 0 Å². The van der Waals surface area contributed by atoms with Gasteiger partial charge in [0, 0.05) is 38.1 Å². The minimum Gasteiger partial charge on any atom is -0.368 e. The highest BCUT2D eigenvalue weighted by Gasteiger charge is 2.23. The van der Waals surface area contributed by atoms with Crippen LogP contribution in [-0.4, -0.2) is 36.1 Å². The van der Waals surface area contributed by atoms with E-state index in [4.69, 9.17) is 0 Å². The Labute approximate surface area is 129 Å². The molecule has 0 unspecified atom stereocenters. The largest absolute Gasteiger partial charge is 0.368 e. The molecule has 114 valence electrons. The quantitative estimate of drug-likeness (QED) is 0.644. The van der Waals surface area contributed by atoms with Crippen molar-refractivity contribution in [3.05, 3.63) is 58.4 Å². The Bertz CT molecular complexity index is 664. The third kappa shape index (κ3) is 2.86. The van der Waals surface area contributed by atoms with Crippen LogP contribution in [0.25, 0.3) is 0 Å². The standard InChI is InChI=1S/C16H18N4O2/c1-13-2-4-14(5-3-13)18-8-10-19(11-9-18)15-6-7-17-12-16(15)20(21)22/h2-7,12H,8-11H2,1H3. The number of anilines is 2. The number of pyridine rings is 1. The molecule has 0 amide bonds. The first-order chi connectivity index (χ1) is 10.6. The Morgan fingerprint density at radius 3 is 2.32 bits per heavy atom. The molecule has 3 rings (SSSR count). The van der Waals surface area contributed by atoms with Crippen LogP contribution in [0.1, 0.15) is 5.56 Å². The van der Waals surface area contributed by atoms with Gasteiger partial charge in [-0.3, -0.25) is 15.1 Å². The van der Waals surface area contributed by atoms with Gasteiger partial charge < -0.3 is 9.80 Å². The zero-order valence-corrected chi connectivity index (χ0v) is 12.5. The molecule has 1 aromatic carbocycles. The third-order valence-corrected chi connectivity index (χ3v) is 3.99. The summed E-state index contributed by atoms with van der Waals surface area (Å²) in [7, 11) is 0. The van der Waals surface area contributed by atoms with E-state index in [0.717, 1.165) is 26.2 Å². The molecular formula is C16H18N4O2. The Balaban J connectivity index is 1.72. The molecule has 0 radical (unpaired) electrons. The molecule has 6 nitrogen and oxygen atoms in total. The van der Waals surface area contributed by atoms with Crippen molar-refractivity contribution < 1.29 is 4.92 Å². The van der Waals surface area contributed by atoms with Crippen molar-refractivity contribution in [2.24, 2.45) is 0 Å². The first kappa shape index (κ1) is 14.3. The maximum atomic E-state index is 11.1. The highest BCUT2D eigenvalue weighted by molar-refractivity contribution is 5.62. The van der Waals surface area contributed by atoms with Gasteiger partial charge in [0.2, 0.25) is 0 Å². The fraction of sp³-hybridized carbons (Fsp3) is 0.312. The van der Waals surface area contributed by atoms with E-state index in [9.17, 15) is 10.1 Å². The van der Waals surface area contributed by atoms with Crippen LogP contribution in [0.2, 0.25) is 0 Å². The average Bonchev–Trinajstić information content (AvgIpc) is 2.56.